The van der Waals surface area contributed by atoms with Gasteiger partial charge in [0.15, 0.2) is 27.4 Å². The van der Waals surface area contributed by atoms with Crippen molar-refractivity contribution in [3.05, 3.63) is 30.1 Å². The van der Waals surface area contributed by atoms with Crippen LogP contribution in [0.15, 0.2) is 29.3 Å². The van der Waals surface area contributed by atoms with Crippen LogP contribution in [0, 0.1) is 5.82 Å². The van der Waals surface area contributed by atoms with Gasteiger partial charge in [-0.15, -0.1) is 0 Å². The minimum atomic E-state index is -3.11. The minimum Gasteiger partial charge on any atom is -0.485 e. The molecule has 1 atom stereocenters. The quantitative estimate of drug-likeness (QED) is 0.588. The first kappa shape index (κ1) is 21.5. The summed E-state index contributed by atoms with van der Waals surface area (Å²) in [5, 5.41) is 3.22. The van der Waals surface area contributed by atoms with Gasteiger partial charge in [-0.1, -0.05) is 19.1 Å². The number of ether oxygens (including phenoxy) is 1. The van der Waals surface area contributed by atoms with E-state index in [9.17, 15) is 12.8 Å². The Morgan fingerprint density at radius 3 is 2.67 bits per heavy atom. The summed E-state index contributed by atoms with van der Waals surface area (Å²) in [6.07, 6.45) is 0.411. The van der Waals surface area contributed by atoms with Crippen molar-refractivity contribution in [1.29, 1.82) is 0 Å². The number of guanidine groups is 1. The molecular weight excluding hydrogens is 369 g/mol. The lowest BCUT2D eigenvalue weighted by molar-refractivity contribution is 0.196. The van der Waals surface area contributed by atoms with Crippen molar-refractivity contribution >= 4 is 15.8 Å². The number of nitrogens with zero attached hydrogens (tertiary/aromatic N) is 2. The zero-order chi connectivity index (χ0) is 20.1. The van der Waals surface area contributed by atoms with Gasteiger partial charge in [0.25, 0.3) is 0 Å². The molecule has 0 amide bonds. The van der Waals surface area contributed by atoms with Gasteiger partial charge in [-0.25, -0.2) is 17.8 Å². The topological polar surface area (TPSA) is 71.0 Å². The number of benzene rings is 1. The van der Waals surface area contributed by atoms with Gasteiger partial charge in [0.1, 0.15) is 6.10 Å². The molecule has 2 rings (SSSR count). The van der Waals surface area contributed by atoms with E-state index in [2.05, 4.69) is 10.3 Å². The molecule has 8 heteroatoms. The second-order valence-electron chi connectivity index (χ2n) is 7.27. The van der Waals surface area contributed by atoms with Crippen molar-refractivity contribution in [2.24, 2.45) is 4.99 Å². The number of hydrogen-bond acceptors (Lipinski definition) is 4. The number of hydrogen-bond donors (Lipinski definition) is 1. The molecule has 1 aromatic rings. The SMILES string of the molecule is CCNC(=NCC(CC)Oc1ccccc1F)N1CCS(=O)(=O)C(C)(C)C1. The van der Waals surface area contributed by atoms with E-state index in [-0.39, 0.29) is 17.6 Å². The standard InChI is InChI=1S/C19H30FN3O3S/c1-5-15(26-17-10-8-7-9-16(17)20)13-22-18(21-6-2)23-11-12-27(24,25)19(3,4)14-23/h7-10,15H,5-6,11-14H2,1-4H3,(H,21,22). The highest BCUT2D eigenvalue weighted by Crippen LogP contribution is 2.24. The summed E-state index contributed by atoms with van der Waals surface area (Å²) in [5.74, 6) is 0.591. The molecule has 152 valence electrons. The maximum atomic E-state index is 13.8. The van der Waals surface area contributed by atoms with Gasteiger partial charge in [-0.05, 0) is 39.3 Å². The van der Waals surface area contributed by atoms with E-state index in [4.69, 9.17) is 4.74 Å². The van der Waals surface area contributed by atoms with Crippen molar-refractivity contribution in [3.63, 3.8) is 0 Å². The Kier molecular flexibility index (Phi) is 7.08. The molecule has 0 radical (unpaired) electrons. The van der Waals surface area contributed by atoms with Crippen molar-refractivity contribution in [1.82, 2.24) is 10.2 Å². The lowest BCUT2D eigenvalue weighted by Gasteiger charge is -2.39. The highest BCUT2D eigenvalue weighted by atomic mass is 32.2. The normalized spacial score (nSPS) is 20.2. The molecule has 1 aliphatic heterocycles. The van der Waals surface area contributed by atoms with Gasteiger partial charge in [0.05, 0.1) is 17.0 Å². The molecule has 0 aliphatic carbocycles. The Bertz CT molecular complexity index is 765. The molecule has 0 aromatic heterocycles. The van der Waals surface area contributed by atoms with Crippen LogP contribution in [0.4, 0.5) is 4.39 Å². The third-order valence-electron chi connectivity index (χ3n) is 4.71. The third kappa shape index (κ3) is 5.34. The summed E-state index contributed by atoms with van der Waals surface area (Å²) in [4.78, 5) is 6.61. The highest BCUT2D eigenvalue weighted by Gasteiger charge is 2.41. The lowest BCUT2D eigenvalue weighted by atomic mass is 10.2. The Morgan fingerprint density at radius 2 is 2.07 bits per heavy atom. The molecule has 1 N–H and O–H groups in total. The van der Waals surface area contributed by atoms with Gasteiger partial charge >= 0.3 is 0 Å². The fraction of sp³-hybridized carbons (Fsp3) is 0.632. The zero-order valence-corrected chi connectivity index (χ0v) is 17.4. The first-order chi connectivity index (χ1) is 12.7. The summed E-state index contributed by atoms with van der Waals surface area (Å²) in [7, 11) is -3.11. The molecule has 1 heterocycles. The largest absolute Gasteiger partial charge is 0.485 e. The van der Waals surface area contributed by atoms with Gasteiger partial charge in [0, 0.05) is 19.6 Å². The fourth-order valence-corrected chi connectivity index (χ4v) is 4.27. The van der Waals surface area contributed by atoms with Crippen LogP contribution in [0.25, 0.3) is 0 Å². The van der Waals surface area contributed by atoms with Gasteiger partial charge < -0.3 is 15.0 Å². The van der Waals surface area contributed by atoms with E-state index in [1.807, 2.05) is 18.7 Å². The van der Waals surface area contributed by atoms with Crippen LogP contribution in [0.1, 0.15) is 34.1 Å². The van der Waals surface area contributed by atoms with Crippen molar-refractivity contribution in [2.45, 2.75) is 45.0 Å². The Hall–Kier alpha value is -1.83. The van der Waals surface area contributed by atoms with Crippen LogP contribution in [0.5, 0.6) is 5.75 Å². The second kappa shape index (κ2) is 8.91. The summed E-state index contributed by atoms with van der Waals surface area (Å²) in [6.45, 7) is 9.24. The molecule has 1 aliphatic rings. The van der Waals surface area contributed by atoms with Crippen molar-refractivity contribution in [2.75, 3.05) is 31.9 Å². The third-order valence-corrected chi connectivity index (χ3v) is 7.24. The Labute approximate surface area is 161 Å². The molecule has 0 bridgehead atoms. The monoisotopic (exact) mass is 399 g/mol. The van der Waals surface area contributed by atoms with Crippen molar-refractivity contribution < 1.29 is 17.5 Å². The van der Waals surface area contributed by atoms with Crippen LogP contribution in [0.2, 0.25) is 0 Å². The maximum absolute atomic E-state index is 13.8. The molecule has 1 unspecified atom stereocenters. The van der Waals surface area contributed by atoms with E-state index < -0.39 is 20.4 Å². The smallest absolute Gasteiger partial charge is 0.194 e. The summed E-state index contributed by atoms with van der Waals surface area (Å²) >= 11 is 0. The molecule has 1 aromatic carbocycles. The van der Waals surface area contributed by atoms with E-state index in [1.54, 1.807) is 32.0 Å². The second-order valence-corrected chi connectivity index (χ2v) is 10.0. The van der Waals surface area contributed by atoms with E-state index in [0.717, 1.165) is 0 Å². The molecule has 1 saturated heterocycles. The van der Waals surface area contributed by atoms with Crippen LogP contribution in [0.3, 0.4) is 0 Å². The van der Waals surface area contributed by atoms with E-state index in [0.29, 0.717) is 38.6 Å². The summed E-state index contributed by atoms with van der Waals surface area (Å²) < 4.78 is 43.2. The molecule has 27 heavy (non-hydrogen) atoms. The molecule has 6 nitrogen and oxygen atoms in total. The van der Waals surface area contributed by atoms with Crippen LogP contribution in [-0.4, -0.2) is 62.1 Å². The molecule has 0 spiro atoms. The number of aliphatic imine (C=N–C) groups is 1. The van der Waals surface area contributed by atoms with E-state index in [1.165, 1.54) is 6.07 Å². The maximum Gasteiger partial charge on any atom is 0.194 e. The van der Waals surface area contributed by atoms with Crippen LogP contribution >= 0.6 is 0 Å². The Morgan fingerprint density at radius 1 is 1.37 bits per heavy atom. The first-order valence-corrected chi connectivity index (χ1v) is 11.0. The summed E-state index contributed by atoms with van der Waals surface area (Å²) in [6, 6.07) is 6.32. The van der Waals surface area contributed by atoms with Gasteiger partial charge in [-0.2, -0.15) is 0 Å². The predicted octanol–water partition coefficient (Wildman–Crippen LogP) is 2.46. The molecular formula is C19H30FN3O3S. The average Bonchev–Trinajstić information content (AvgIpc) is 2.61. The number of nitrogens with one attached hydrogen (secondary N) is 1. The van der Waals surface area contributed by atoms with Gasteiger partial charge in [-0.3, -0.25) is 0 Å². The van der Waals surface area contributed by atoms with E-state index >= 15 is 0 Å². The number of sulfone groups is 1. The summed E-state index contributed by atoms with van der Waals surface area (Å²) in [5.41, 5.74) is 0. The minimum absolute atomic E-state index is 0.105. The number of halogens is 1. The van der Waals surface area contributed by atoms with Crippen LogP contribution in [-0.2, 0) is 9.84 Å². The zero-order valence-electron chi connectivity index (χ0n) is 16.5. The average molecular weight is 400 g/mol. The first-order valence-electron chi connectivity index (χ1n) is 9.37. The Balaban J connectivity index is 2.11. The highest BCUT2D eigenvalue weighted by molar-refractivity contribution is 7.92. The van der Waals surface area contributed by atoms with Crippen LogP contribution < -0.4 is 10.1 Å². The molecule has 1 fully saturated rings. The van der Waals surface area contributed by atoms with Crippen molar-refractivity contribution in [3.8, 4) is 5.75 Å². The molecule has 0 saturated carbocycles. The van der Waals surface area contributed by atoms with Gasteiger partial charge in [0.2, 0.25) is 0 Å². The fourth-order valence-electron chi connectivity index (χ4n) is 2.91. The lowest BCUT2D eigenvalue weighted by Crippen LogP contribution is -2.57. The number of rotatable bonds is 6. The predicted molar refractivity (Wildman–Crippen MR) is 107 cm³/mol. The number of para-hydroxylation sites is 1.